The molecule has 0 fully saturated rings. The smallest absolute Gasteiger partial charge is 0.251 e. The van der Waals surface area contributed by atoms with Crippen molar-refractivity contribution in [1.82, 2.24) is 10.7 Å². The predicted octanol–water partition coefficient (Wildman–Crippen LogP) is 1.54. The average molecular weight is 283 g/mol. The van der Waals surface area contributed by atoms with E-state index in [-0.39, 0.29) is 18.2 Å². The molecule has 2 rings (SSSR count). The number of amides is 2. The summed E-state index contributed by atoms with van der Waals surface area (Å²) in [6, 6.07) is 17.8. The van der Waals surface area contributed by atoms with E-state index in [1.54, 1.807) is 24.3 Å². The van der Waals surface area contributed by atoms with Gasteiger partial charge in [0.2, 0.25) is 5.91 Å². The van der Waals surface area contributed by atoms with Crippen molar-refractivity contribution in [2.24, 2.45) is 5.84 Å². The second kappa shape index (κ2) is 7.21. The highest BCUT2D eigenvalue weighted by Crippen LogP contribution is 2.17. The molecule has 5 heteroatoms. The van der Waals surface area contributed by atoms with Crippen LogP contribution in [0.4, 0.5) is 0 Å². The van der Waals surface area contributed by atoms with Gasteiger partial charge in [0.1, 0.15) is 0 Å². The summed E-state index contributed by atoms with van der Waals surface area (Å²) in [5.41, 5.74) is 3.49. The third-order valence-corrected chi connectivity index (χ3v) is 3.09. The fraction of sp³-hybridized carbons (Fsp3) is 0.125. The molecule has 0 unspecified atom stereocenters. The number of nitrogens with one attached hydrogen (secondary N) is 2. The van der Waals surface area contributed by atoms with Gasteiger partial charge >= 0.3 is 0 Å². The van der Waals surface area contributed by atoms with E-state index in [9.17, 15) is 9.59 Å². The van der Waals surface area contributed by atoms with Crippen molar-refractivity contribution < 1.29 is 9.59 Å². The van der Waals surface area contributed by atoms with Crippen LogP contribution in [0, 0.1) is 0 Å². The zero-order chi connectivity index (χ0) is 15.1. The first-order valence-corrected chi connectivity index (χ1v) is 6.61. The van der Waals surface area contributed by atoms with Crippen LogP contribution in [0.1, 0.15) is 28.4 Å². The summed E-state index contributed by atoms with van der Waals surface area (Å²) < 4.78 is 0. The number of carbonyl (C=O) groups excluding carboxylic acids is 2. The quantitative estimate of drug-likeness (QED) is 0.442. The molecule has 2 amide bonds. The minimum atomic E-state index is -0.428. The number of hydrogen-bond donors (Lipinski definition) is 3. The summed E-state index contributed by atoms with van der Waals surface area (Å²) in [5, 5.41) is 2.86. The molecular weight excluding hydrogens is 266 g/mol. The molecule has 0 aliphatic carbocycles. The Labute approximate surface area is 123 Å². The number of rotatable bonds is 5. The monoisotopic (exact) mass is 283 g/mol. The molecule has 0 aliphatic heterocycles. The van der Waals surface area contributed by atoms with Crippen molar-refractivity contribution in [1.29, 1.82) is 0 Å². The van der Waals surface area contributed by atoms with Gasteiger partial charge in [0.15, 0.2) is 0 Å². The maximum absolute atomic E-state index is 12.2. The van der Waals surface area contributed by atoms with Crippen molar-refractivity contribution in [2.45, 2.75) is 12.5 Å². The highest BCUT2D eigenvalue weighted by atomic mass is 16.2. The lowest BCUT2D eigenvalue weighted by Crippen LogP contribution is -2.36. The number of carbonyl (C=O) groups is 2. The van der Waals surface area contributed by atoms with Crippen molar-refractivity contribution >= 4 is 11.8 Å². The third-order valence-electron chi connectivity index (χ3n) is 3.09. The van der Waals surface area contributed by atoms with Crippen molar-refractivity contribution in [3.8, 4) is 0 Å². The minimum Gasteiger partial charge on any atom is -0.345 e. The van der Waals surface area contributed by atoms with Gasteiger partial charge in [-0.25, -0.2) is 5.84 Å². The lowest BCUT2D eigenvalue weighted by Gasteiger charge is -2.18. The van der Waals surface area contributed by atoms with Crippen molar-refractivity contribution in [3.05, 3.63) is 71.8 Å². The second-order valence-corrected chi connectivity index (χ2v) is 4.57. The number of nitrogens with two attached hydrogens (primary N) is 1. The van der Waals surface area contributed by atoms with Crippen LogP contribution in [0.3, 0.4) is 0 Å². The number of benzene rings is 2. The number of hydrazine groups is 1. The van der Waals surface area contributed by atoms with Crippen molar-refractivity contribution in [3.63, 3.8) is 0 Å². The van der Waals surface area contributed by atoms with E-state index >= 15 is 0 Å². The molecule has 0 aromatic heterocycles. The first-order chi connectivity index (χ1) is 10.2. The van der Waals surface area contributed by atoms with E-state index in [1.165, 1.54) is 0 Å². The molecule has 0 saturated carbocycles. The lowest BCUT2D eigenvalue weighted by atomic mass is 10.0. The molecule has 4 N–H and O–H groups in total. The van der Waals surface area contributed by atoms with Crippen LogP contribution in [-0.2, 0) is 4.79 Å². The average Bonchev–Trinajstić information content (AvgIpc) is 2.55. The molecule has 2 aromatic rings. The summed E-state index contributed by atoms with van der Waals surface area (Å²) in [6.45, 7) is 0. The lowest BCUT2D eigenvalue weighted by molar-refractivity contribution is -0.121. The molecule has 0 saturated heterocycles. The van der Waals surface area contributed by atoms with Crippen LogP contribution in [0.15, 0.2) is 60.7 Å². The molecule has 0 spiro atoms. The van der Waals surface area contributed by atoms with E-state index in [2.05, 4.69) is 10.7 Å². The van der Waals surface area contributed by atoms with E-state index in [0.717, 1.165) is 5.56 Å². The van der Waals surface area contributed by atoms with Crippen LogP contribution < -0.4 is 16.6 Å². The fourth-order valence-corrected chi connectivity index (χ4v) is 2.01. The van der Waals surface area contributed by atoms with Gasteiger partial charge in [-0.3, -0.25) is 15.0 Å². The molecule has 21 heavy (non-hydrogen) atoms. The van der Waals surface area contributed by atoms with Gasteiger partial charge in [-0.05, 0) is 17.7 Å². The first-order valence-electron chi connectivity index (χ1n) is 6.61. The topological polar surface area (TPSA) is 84.2 Å². The molecule has 0 bridgehead atoms. The van der Waals surface area contributed by atoms with Crippen molar-refractivity contribution in [2.75, 3.05) is 0 Å². The maximum Gasteiger partial charge on any atom is 0.251 e. The zero-order valence-electron chi connectivity index (χ0n) is 11.5. The van der Waals surface area contributed by atoms with Gasteiger partial charge in [-0.2, -0.15) is 0 Å². The van der Waals surface area contributed by atoms with Gasteiger partial charge < -0.3 is 5.32 Å². The SMILES string of the molecule is NNC(=O)C[C@H](NC(=O)c1ccccc1)c1ccccc1. The summed E-state index contributed by atoms with van der Waals surface area (Å²) in [4.78, 5) is 23.8. The molecular formula is C16H17N3O2. The van der Waals surface area contributed by atoms with Gasteiger partial charge in [0.05, 0.1) is 12.5 Å². The Morgan fingerprint density at radius 2 is 1.52 bits per heavy atom. The fourth-order valence-electron chi connectivity index (χ4n) is 2.01. The van der Waals surface area contributed by atoms with Crippen LogP contribution in [0.5, 0.6) is 0 Å². The molecule has 1 atom stereocenters. The predicted molar refractivity (Wildman–Crippen MR) is 80.0 cm³/mol. The first kappa shape index (κ1) is 14.7. The summed E-state index contributed by atoms with van der Waals surface area (Å²) in [7, 11) is 0. The van der Waals surface area contributed by atoms with Crippen LogP contribution in [-0.4, -0.2) is 11.8 Å². The van der Waals surface area contributed by atoms with Gasteiger partial charge in [-0.15, -0.1) is 0 Å². The Hall–Kier alpha value is -2.66. The molecule has 2 aromatic carbocycles. The standard InChI is InChI=1S/C16H17N3O2/c17-19-15(20)11-14(12-7-3-1-4-8-12)18-16(21)13-9-5-2-6-10-13/h1-10,14H,11,17H2,(H,18,21)(H,19,20)/t14-/m0/s1. The summed E-state index contributed by atoms with van der Waals surface area (Å²) >= 11 is 0. The Morgan fingerprint density at radius 3 is 2.10 bits per heavy atom. The van der Waals surface area contributed by atoms with Gasteiger partial charge in [0.25, 0.3) is 5.91 Å². The highest BCUT2D eigenvalue weighted by Gasteiger charge is 2.18. The Kier molecular flexibility index (Phi) is 5.06. The zero-order valence-corrected chi connectivity index (χ0v) is 11.5. The molecule has 5 nitrogen and oxygen atoms in total. The highest BCUT2D eigenvalue weighted by molar-refractivity contribution is 5.94. The molecule has 0 radical (unpaired) electrons. The Balaban J connectivity index is 2.16. The Bertz CT molecular complexity index is 599. The van der Waals surface area contributed by atoms with Crippen LogP contribution >= 0.6 is 0 Å². The van der Waals surface area contributed by atoms with E-state index in [4.69, 9.17) is 5.84 Å². The molecule has 0 heterocycles. The van der Waals surface area contributed by atoms with Gasteiger partial charge in [-0.1, -0.05) is 48.5 Å². The molecule has 0 aliphatic rings. The van der Waals surface area contributed by atoms with E-state index < -0.39 is 6.04 Å². The maximum atomic E-state index is 12.2. The second-order valence-electron chi connectivity index (χ2n) is 4.57. The van der Waals surface area contributed by atoms with Gasteiger partial charge in [0, 0.05) is 5.56 Å². The van der Waals surface area contributed by atoms with Crippen LogP contribution in [0.2, 0.25) is 0 Å². The van der Waals surface area contributed by atoms with E-state index in [1.807, 2.05) is 36.4 Å². The number of hydrogen-bond acceptors (Lipinski definition) is 3. The normalized spacial score (nSPS) is 11.5. The third kappa shape index (κ3) is 4.15. The molecule has 108 valence electrons. The minimum absolute atomic E-state index is 0.0824. The Morgan fingerprint density at radius 1 is 0.952 bits per heavy atom. The summed E-state index contributed by atoms with van der Waals surface area (Å²) in [5.74, 6) is 4.56. The van der Waals surface area contributed by atoms with E-state index in [0.29, 0.717) is 5.56 Å². The van der Waals surface area contributed by atoms with Crippen LogP contribution in [0.25, 0.3) is 0 Å². The summed E-state index contributed by atoms with van der Waals surface area (Å²) in [6.07, 6.45) is 0.0824. The largest absolute Gasteiger partial charge is 0.345 e.